The molecule has 0 aliphatic heterocycles. The first-order chi connectivity index (χ1) is 7.41. The van der Waals surface area contributed by atoms with E-state index in [1.165, 1.54) is 13.0 Å². The van der Waals surface area contributed by atoms with Crippen LogP contribution in [0.2, 0.25) is 0 Å². The molecule has 0 unspecified atom stereocenters. The quantitative estimate of drug-likeness (QED) is 0.645. The topological polar surface area (TPSA) is 105 Å². The second kappa shape index (κ2) is 4.88. The summed E-state index contributed by atoms with van der Waals surface area (Å²) in [6.07, 6.45) is 1.06. The van der Waals surface area contributed by atoms with Gasteiger partial charge in [-0.1, -0.05) is 0 Å². The van der Waals surface area contributed by atoms with Crippen LogP contribution in [-0.4, -0.2) is 27.0 Å². The maximum Gasteiger partial charge on any atom is 0.325 e. The zero-order chi connectivity index (χ0) is 12.3. The van der Waals surface area contributed by atoms with Gasteiger partial charge in [-0.2, -0.15) is 0 Å². The van der Waals surface area contributed by atoms with Gasteiger partial charge in [-0.25, -0.2) is 4.98 Å². The van der Waals surface area contributed by atoms with Crippen molar-refractivity contribution in [2.24, 2.45) is 0 Å². The number of rotatable bonds is 4. The summed E-state index contributed by atoms with van der Waals surface area (Å²) in [4.78, 5) is 24.2. The third-order valence-electron chi connectivity index (χ3n) is 1.76. The van der Waals surface area contributed by atoms with Crippen LogP contribution in [0.1, 0.15) is 6.92 Å². The monoisotopic (exact) mass is 289 g/mol. The highest BCUT2D eigenvalue weighted by atomic mass is 79.9. The lowest BCUT2D eigenvalue weighted by molar-refractivity contribution is -0.385. The van der Waals surface area contributed by atoms with E-state index in [0.717, 1.165) is 6.20 Å². The molecule has 7 nitrogen and oxygen atoms in total. The number of nitro groups is 1. The Morgan fingerprint density at radius 3 is 2.81 bits per heavy atom. The fourth-order valence-corrected chi connectivity index (χ4v) is 1.35. The molecule has 0 fully saturated rings. The molecule has 1 heterocycles. The first-order valence-electron chi connectivity index (χ1n) is 4.21. The average molecular weight is 290 g/mol. The van der Waals surface area contributed by atoms with Crippen LogP contribution in [0.5, 0.6) is 0 Å². The van der Waals surface area contributed by atoms with Crippen LogP contribution in [0.25, 0.3) is 0 Å². The normalized spacial score (nSPS) is 11.9. The Balaban J connectivity index is 2.91. The van der Waals surface area contributed by atoms with Crippen molar-refractivity contribution < 1.29 is 14.8 Å². The van der Waals surface area contributed by atoms with Crippen LogP contribution in [-0.2, 0) is 4.79 Å². The largest absolute Gasteiger partial charge is 0.480 e. The number of anilines is 1. The van der Waals surface area contributed by atoms with Crippen LogP contribution in [0.3, 0.4) is 0 Å². The number of carboxylic acid groups (broad SMARTS) is 1. The molecule has 0 aliphatic carbocycles. The zero-order valence-electron chi connectivity index (χ0n) is 8.18. The van der Waals surface area contributed by atoms with Gasteiger partial charge in [-0.15, -0.1) is 0 Å². The number of carboxylic acids is 1. The molecule has 2 N–H and O–H groups in total. The van der Waals surface area contributed by atoms with E-state index >= 15 is 0 Å². The second-order valence-electron chi connectivity index (χ2n) is 2.99. The number of carbonyl (C=O) groups is 1. The van der Waals surface area contributed by atoms with E-state index in [0.29, 0.717) is 4.47 Å². The Morgan fingerprint density at radius 1 is 1.75 bits per heavy atom. The van der Waals surface area contributed by atoms with Gasteiger partial charge >= 0.3 is 5.97 Å². The first-order valence-corrected chi connectivity index (χ1v) is 5.00. The SMILES string of the molecule is C[C@@H](Nc1ncc([N+](=O)[O-])cc1Br)C(=O)O. The smallest absolute Gasteiger partial charge is 0.325 e. The number of nitrogens with one attached hydrogen (secondary N) is 1. The van der Waals surface area contributed by atoms with Gasteiger partial charge in [0.15, 0.2) is 0 Å². The summed E-state index contributed by atoms with van der Waals surface area (Å²) in [5, 5.41) is 21.7. The molecule has 86 valence electrons. The fourth-order valence-electron chi connectivity index (χ4n) is 0.901. The number of aromatic nitrogens is 1. The van der Waals surface area contributed by atoms with E-state index in [9.17, 15) is 14.9 Å². The van der Waals surface area contributed by atoms with Crippen molar-refractivity contribution in [3.05, 3.63) is 26.9 Å². The standard InChI is InChI=1S/C8H8BrN3O4/c1-4(8(13)14)11-7-6(9)2-5(3-10-7)12(15)16/h2-4H,1H3,(H,10,11)(H,13,14)/t4-/m1/s1. The number of hydrogen-bond acceptors (Lipinski definition) is 5. The minimum absolute atomic E-state index is 0.166. The van der Waals surface area contributed by atoms with Crippen LogP contribution < -0.4 is 5.32 Å². The van der Waals surface area contributed by atoms with E-state index in [1.807, 2.05) is 0 Å². The molecule has 0 aliphatic rings. The Morgan fingerprint density at radius 2 is 2.38 bits per heavy atom. The number of pyridine rings is 1. The van der Waals surface area contributed by atoms with Crippen LogP contribution >= 0.6 is 15.9 Å². The molecule has 1 aromatic heterocycles. The first kappa shape index (κ1) is 12.4. The van der Waals surface area contributed by atoms with Crippen molar-refractivity contribution >= 4 is 33.4 Å². The maximum absolute atomic E-state index is 10.6. The van der Waals surface area contributed by atoms with Gasteiger partial charge in [-0.3, -0.25) is 14.9 Å². The summed E-state index contributed by atoms with van der Waals surface area (Å²) in [5.74, 6) is -0.785. The molecule has 16 heavy (non-hydrogen) atoms. The van der Waals surface area contributed by atoms with Crippen LogP contribution in [0, 0.1) is 10.1 Å². The van der Waals surface area contributed by atoms with Gasteiger partial charge in [-0.05, 0) is 22.9 Å². The lowest BCUT2D eigenvalue weighted by atomic mass is 10.3. The summed E-state index contributed by atoms with van der Waals surface area (Å²) < 4.78 is 0.342. The molecule has 0 saturated carbocycles. The van der Waals surface area contributed by atoms with E-state index in [-0.39, 0.29) is 11.5 Å². The molecule has 1 aromatic rings. The van der Waals surface area contributed by atoms with E-state index in [4.69, 9.17) is 5.11 Å². The van der Waals surface area contributed by atoms with E-state index in [1.54, 1.807) is 0 Å². The molecule has 0 radical (unpaired) electrons. The maximum atomic E-state index is 10.6. The summed E-state index contributed by atoms with van der Waals surface area (Å²) in [5.41, 5.74) is -0.166. The number of nitrogens with zero attached hydrogens (tertiary/aromatic N) is 2. The third kappa shape index (κ3) is 2.89. The predicted molar refractivity (Wildman–Crippen MR) is 59.3 cm³/mol. The van der Waals surface area contributed by atoms with Crippen molar-refractivity contribution in [2.45, 2.75) is 13.0 Å². The number of hydrogen-bond donors (Lipinski definition) is 2. The molecule has 0 amide bonds. The number of aliphatic carboxylic acids is 1. The zero-order valence-corrected chi connectivity index (χ0v) is 9.76. The lowest BCUT2D eigenvalue weighted by Gasteiger charge is -2.10. The average Bonchev–Trinajstić information content (AvgIpc) is 2.20. The number of halogens is 1. The molecule has 1 atom stereocenters. The van der Waals surface area contributed by atoms with Crippen molar-refractivity contribution in [2.75, 3.05) is 5.32 Å². The lowest BCUT2D eigenvalue weighted by Crippen LogP contribution is -2.26. The van der Waals surface area contributed by atoms with Crippen molar-refractivity contribution in [1.29, 1.82) is 0 Å². The van der Waals surface area contributed by atoms with Gasteiger partial charge < -0.3 is 10.4 Å². The van der Waals surface area contributed by atoms with Gasteiger partial charge in [0, 0.05) is 6.07 Å². The molecule has 0 bridgehead atoms. The Hall–Kier alpha value is -1.70. The summed E-state index contributed by atoms with van der Waals surface area (Å²) in [7, 11) is 0. The Kier molecular flexibility index (Phi) is 3.78. The summed E-state index contributed by atoms with van der Waals surface area (Å²) in [6.45, 7) is 1.44. The third-order valence-corrected chi connectivity index (χ3v) is 2.37. The van der Waals surface area contributed by atoms with Gasteiger partial charge in [0.1, 0.15) is 18.1 Å². The molecule has 0 spiro atoms. The van der Waals surface area contributed by atoms with Crippen molar-refractivity contribution in [1.82, 2.24) is 4.98 Å². The minimum Gasteiger partial charge on any atom is -0.480 e. The van der Waals surface area contributed by atoms with Crippen molar-refractivity contribution in [3.63, 3.8) is 0 Å². The molecule has 1 rings (SSSR count). The second-order valence-corrected chi connectivity index (χ2v) is 3.84. The highest BCUT2D eigenvalue weighted by molar-refractivity contribution is 9.10. The highest BCUT2D eigenvalue weighted by Gasteiger charge is 2.15. The van der Waals surface area contributed by atoms with Gasteiger partial charge in [0.2, 0.25) is 0 Å². The minimum atomic E-state index is -1.04. The summed E-state index contributed by atoms with van der Waals surface area (Å²) in [6, 6.07) is 0.425. The Bertz CT molecular complexity index is 437. The van der Waals surface area contributed by atoms with Crippen molar-refractivity contribution in [3.8, 4) is 0 Å². The highest BCUT2D eigenvalue weighted by Crippen LogP contribution is 2.24. The summed E-state index contributed by atoms with van der Waals surface area (Å²) >= 11 is 3.07. The predicted octanol–water partition coefficient (Wildman–Crippen LogP) is 1.64. The van der Waals surface area contributed by atoms with E-state index in [2.05, 4.69) is 26.2 Å². The molecule has 0 saturated heterocycles. The van der Waals surface area contributed by atoms with Gasteiger partial charge in [0.05, 0.1) is 9.40 Å². The van der Waals surface area contributed by atoms with Gasteiger partial charge in [0.25, 0.3) is 5.69 Å². The molecular weight excluding hydrogens is 282 g/mol. The molecule has 8 heteroatoms. The fraction of sp³-hybridized carbons (Fsp3) is 0.250. The van der Waals surface area contributed by atoms with Crippen LogP contribution in [0.4, 0.5) is 11.5 Å². The van der Waals surface area contributed by atoms with Crippen LogP contribution in [0.15, 0.2) is 16.7 Å². The molecule has 0 aromatic carbocycles. The molecular formula is C8H8BrN3O4. The Labute approximate surface area is 98.8 Å². The van der Waals surface area contributed by atoms with E-state index < -0.39 is 16.9 Å².